The standard InChI is InChI=1S/C23H32FN3O2/c1-14-7-15(2)10-23(9-14)11-17-3-4-18(24)8-19(17)20(23)21(28)27(22(25)26)12-16-5-6-29-13-16/h3-4,8,14-16,20H,5-7,9-13H2,1-2H3,(H3,25,26). The molecule has 0 aromatic heterocycles. The molecule has 2 aliphatic carbocycles. The van der Waals surface area contributed by atoms with E-state index in [4.69, 9.17) is 15.9 Å². The van der Waals surface area contributed by atoms with Crippen LogP contribution in [0.2, 0.25) is 0 Å². The second-order valence-corrected chi connectivity index (χ2v) is 9.73. The Morgan fingerprint density at radius 3 is 2.69 bits per heavy atom. The maximum Gasteiger partial charge on any atom is 0.237 e. The summed E-state index contributed by atoms with van der Waals surface area (Å²) >= 11 is 0. The Balaban J connectivity index is 1.72. The Bertz CT molecular complexity index is 795. The van der Waals surface area contributed by atoms with Gasteiger partial charge in [0.15, 0.2) is 5.96 Å². The van der Waals surface area contributed by atoms with E-state index >= 15 is 0 Å². The average molecular weight is 402 g/mol. The fourth-order valence-electron chi connectivity index (χ4n) is 6.35. The molecule has 158 valence electrons. The molecule has 3 N–H and O–H groups in total. The Morgan fingerprint density at radius 2 is 2.07 bits per heavy atom. The van der Waals surface area contributed by atoms with E-state index < -0.39 is 5.92 Å². The van der Waals surface area contributed by atoms with Gasteiger partial charge in [-0.3, -0.25) is 15.1 Å². The number of ether oxygens (including phenoxy) is 1. The van der Waals surface area contributed by atoms with Gasteiger partial charge in [0.05, 0.1) is 12.5 Å². The summed E-state index contributed by atoms with van der Waals surface area (Å²) in [5.74, 6) is 0.105. The minimum absolute atomic E-state index is 0.143. The van der Waals surface area contributed by atoms with Crippen LogP contribution in [-0.2, 0) is 16.0 Å². The number of hydrogen-bond donors (Lipinski definition) is 2. The van der Waals surface area contributed by atoms with Gasteiger partial charge in [-0.05, 0) is 72.6 Å². The van der Waals surface area contributed by atoms with Crippen molar-refractivity contribution in [1.29, 1.82) is 5.41 Å². The third-order valence-corrected chi connectivity index (χ3v) is 7.16. The Morgan fingerprint density at radius 1 is 1.34 bits per heavy atom. The Labute approximate surface area is 172 Å². The van der Waals surface area contributed by atoms with Gasteiger partial charge in [0.1, 0.15) is 5.82 Å². The van der Waals surface area contributed by atoms with Gasteiger partial charge in [0.25, 0.3) is 0 Å². The molecule has 4 rings (SSSR count). The van der Waals surface area contributed by atoms with Gasteiger partial charge in [-0.15, -0.1) is 0 Å². The first-order valence-corrected chi connectivity index (χ1v) is 10.8. The topological polar surface area (TPSA) is 79.4 Å². The van der Waals surface area contributed by atoms with Gasteiger partial charge in [-0.25, -0.2) is 4.39 Å². The van der Waals surface area contributed by atoms with Crippen LogP contribution in [0.4, 0.5) is 4.39 Å². The maximum absolute atomic E-state index is 14.2. The molecule has 1 amide bonds. The Kier molecular flexibility index (Phi) is 5.40. The summed E-state index contributed by atoms with van der Waals surface area (Å²) in [7, 11) is 0. The number of hydrogen-bond acceptors (Lipinski definition) is 3. The van der Waals surface area contributed by atoms with Gasteiger partial charge in [0.2, 0.25) is 5.91 Å². The van der Waals surface area contributed by atoms with Crippen molar-refractivity contribution in [3.05, 3.63) is 35.1 Å². The van der Waals surface area contributed by atoms with E-state index in [9.17, 15) is 9.18 Å². The molecule has 0 bridgehead atoms. The van der Waals surface area contributed by atoms with Crippen LogP contribution in [0.15, 0.2) is 18.2 Å². The summed E-state index contributed by atoms with van der Waals surface area (Å²) < 4.78 is 19.6. The van der Waals surface area contributed by atoms with Gasteiger partial charge in [-0.2, -0.15) is 0 Å². The molecule has 4 atom stereocenters. The quantitative estimate of drug-likeness (QED) is 0.599. The number of nitrogens with one attached hydrogen (secondary N) is 1. The molecule has 1 aliphatic heterocycles. The lowest BCUT2D eigenvalue weighted by Gasteiger charge is -2.45. The lowest BCUT2D eigenvalue weighted by Crippen LogP contribution is -2.50. The van der Waals surface area contributed by atoms with Crippen LogP contribution in [0.1, 0.15) is 56.6 Å². The number of halogens is 1. The highest BCUT2D eigenvalue weighted by atomic mass is 19.1. The lowest BCUT2D eigenvalue weighted by atomic mass is 9.60. The molecular weight excluding hydrogens is 369 g/mol. The molecule has 0 radical (unpaired) electrons. The van der Waals surface area contributed by atoms with Crippen LogP contribution < -0.4 is 5.73 Å². The number of rotatable bonds is 3. The van der Waals surface area contributed by atoms with Crippen molar-refractivity contribution in [1.82, 2.24) is 4.90 Å². The maximum atomic E-state index is 14.2. The van der Waals surface area contributed by atoms with Crippen LogP contribution >= 0.6 is 0 Å². The number of carbonyl (C=O) groups excluding carboxylic acids is 1. The zero-order valence-corrected chi connectivity index (χ0v) is 17.4. The van der Waals surface area contributed by atoms with Gasteiger partial charge in [0, 0.05) is 19.1 Å². The zero-order chi connectivity index (χ0) is 20.8. The fraction of sp³-hybridized carbons (Fsp3) is 0.652. The first kappa shape index (κ1) is 20.3. The number of fused-ring (bicyclic) bond motifs is 1. The lowest BCUT2D eigenvalue weighted by molar-refractivity contribution is -0.133. The van der Waals surface area contributed by atoms with E-state index in [-0.39, 0.29) is 29.0 Å². The van der Waals surface area contributed by atoms with Crippen molar-refractivity contribution in [2.24, 2.45) is 28.9 Å². The Hall–Kier alpha value is -1.95. The van der Waals surface area contributed by atoms with E-state index in [0.717, 1.165) is 43.2 Å². The second kappa shape index (κ2) is 7.71. The molecule has 2 fully saturated rings. The van der Waals surface area contributed by atoms with Crippen molar-refractivity contribution in [2.45, 2.75) is 51.9 Å². The number of amides is 1. The summed E-state index contributed by atoms with van der Waals surface area (Å²) in [6.07, 6.45) is 4.71. The fourth-order valence-corrected chi connectivity index (χ4v) is 6.35. The first-order valence-electron chi connectivity index (χ1n) is 10.8. The van der Waals surface area contributed by atoms with Crippen LogP contribution in [0.5, 0.6) is 0 Å². The van der Waals surface area contributed by atoms with Gasteiger partial charge in [-0.1, -0.05) is 19.9 Å². The van der Waals surface area contributed by atoms with Crippen molar-refractivity contribution in [3.63, 3.8) is 0 Å². The van der Waals surface area contributed by atoms with E-state index in [2.05, 4.69) is 13.8 Å². The minimum atomic E-state index is -0.440. The van der Waals surface area contributed by atoms with E-state index in [1.807, 2.05) is 6.07 Å². The van der Waals surface area contributed by atoms with Gasteiger partial charge < -0.3 is 10.5 Å². The highest BCUT2D eigenvalue weighted by Crippen LogP contribution is 2.58. The molecule has 3 aliphatic rings. The second-order valence-electron chi connectivity index (χ2n) is 9.73. The number of carbonyl (C=O) groups is 1. The molecule has 1 heterocycles. The molecule has 6 heteroatoms. The SMILES string of the molecule is CC1CC(C)CC2(Cc3ccc(F)cc3C2C(=O)N(CC2CCOC2)C(=N)N)C1. The molecule has 29 heavy (non-hydrogen) atoms. The third-order valence-electron chi connectivity index (χ3n) is 7.16. The van der Waals surface area contributed by atoms with Crippen LogP contribution in [0.3, 0.4) is 0 Å². The van der Waals surface area contributed by atoms with Gasteiger partial charge >= 0.3 is 0 Å². The number of nitrogens with two attached hydrogens (primary N) is 1. The highest BCUT2D eigenvalue weighted by molar-refractivity contribution is 5.99. The number of guanidine groups is 1. The predicted octanol–water partition coefficient (Wildman–Crippen LogP) is 3.67. The molecule has 1 saturated heterocycles. The third kappa shape index (κ3) is 3.79. The van der Waals surface area contributed by atoms with Crippen LogP contribution in [0.25, 0.3) is 0 Å². The van der Waals surface area contributed by atoms with Crippen molar-refractivity contribution < 1.29 is 13.9 Å². The monoisotopic (exact) mass is 401 g/mol. The molecule has 1 saturated carbocycles. The zero-order valence-electron chi connectivity index (χ0n) is 17.4. The number of nitrogens with zero attached hydrogens (tertiary/aromatic N) is 1. The summed E-state index contributed by atoms with van der Waals surface area (Å²) in [5.41, 5.74) is 7.53. The molecular formula is C23H32FN3O2. The minimum Gasteiger partial charge on any atom is -0.381 e. The van der Waals surface area contributed by atoms with Crippen LogP contribution in [-0.4, -0.2) is 36.5 Å². The van der Waals surface area contributed by atoms with Crippen molar-refractivity contribution >= 4 is 11.9 Å². The predicted molar refractivity (Wildman–Crippen MR) is 110 cm³/mol. The molecule has 5 nitrogen and oxygen atoms in total. The first-order chi connectivity index (χ1) is 13.8. The summed E-state index contributed by atoms with van der Waals surface area (Å²) in [4.78, 5) is 15.3. The molecule has 1 spiro atoms. The highest BCUT2D eigenvalue weighted by Gasteiger charge is 2.53. The van der Waals surface area contributed by atoms with Crippen molar-refractivity contribution in [2.75, 3.05) is 19.8 Å². The van der Waals surface area contributed by atoms with Crippen LogP contribution in [0, 0.1) is 34.4 Å². The summed E-state index contributed by atoms with van der Waals surface area (Å²) in [6.45, 7) is 6.17. The normalized spacial score (nSPS) is 33.6. The number of benzene rings is 1. The van der Waals surface area contributed by atoms with E-state index in [1.165, 1.54) is 17.0 Å². The summed E-state index contributed by atoms with van der Waals surface area (Å²) in [5, 5.41) is 8.09. The average Bonchev–Trinajstić information content (AvgIpc) is 3.23. The smallest absolute Gasteiger partial charge is 0.237 e. The molecule has 1 aromatic rings. The molecule has 4 unspecified atom stereocenters. The van der Waals surface area contributed by atoms with E-state index in [0.29, 0.717) is 31.6 Å². The molecule has 1 aromatic carbocycles. The summed E-state index contributed by atoms with van der Waals surface area (Å²) in [6, 6.07) is 4.87. The largest absolute Gasteiger partial charge is 0.381 e. The van der Waals surface area contributed by atoms with Crippen molar-refractivity contribution in [3.8, 4) is 0 Å². The van der Waals surface area contributed by atoms with E-state index in [1.54, 1.807) is 0 Å².